The molecule has 2 rings (SSSR count). The Balaban J connectivity index is 2.42. The molecule has 0 heterocycles. The summed E-state index contributed by atoms with van der Waals surface area (Å²) < 4.78 is 44.6. The molecule has 0 unspecified atom stereocenters. The minimum Gasteiger partial charge on any atom is -0.497 e. The third kappa shape index (κ3) is 7.44. The Hall–Kier alpha value is -3.14. The molecule has 10 heteroatoms. The second kappa shape index (κ2) is 11.8. The zero-order chi connectivity index (χ0) is 25.5. The number of nitrogens with one attached hydrogen (secondary N) is 1. The monoisotopic (exact) mass is 493 g/mol. The van der Waals surface area contributed by atoms with Gasteiger partial charge < -0.3 is 15.0 Å². The first-order valence-electron chi connectivity index (χ1n) is 10.9. The smallest absolute Gasteiger partial charge is 0.244 e. The molecule has 0 spiro atoms. The van der Waals surface area contributed by atoms with Crippen molar-refractivity contribution in [1.82, 2.24) is 10.2 Å². The number of hydrogen-bond acceptors (Lipinski definition) is 5. The lowest BCUT2D eigenvalue weighted by Gasteiger charge is -2.33. The van der Waals surface area contributed by atoms with Crippen LogP contribution in [0.15, 0.2) is 48.5 Å². The first-order chi connectivity index (χ1) is 16.0. The fourth-order valence-corrected chi connectivity index (χ4v) is 4.30. The topological polar surface area (TPSA) is 96.0 Å². The van der Waals surface area contributed by atoms with Crippen LogP contribution in [0, 0.1) is 5.82 Å². The molecule has 2 aromatic carbocycles. The molecule has 34 heavy (non-hydrogen) atoms. The van der Waals surface area contributed by atoms with Crippen molar-refractivity contribution < 1.29 is 27.1 Å². The molecule has 0 saturated heterocycles. The van der Waals surface area contributed by atoms with Gasteiger partial charge in [-0.2, -0.15) is 0 Å². The standard InChI is InChI=1S/C24H32FN3O5S/c1-6-22(24(30)26-17(2)3)27(15-18-7-9-19(25)10-8-18)23(29)16-28(34(5,31)32)20-11-13-21(33-4)14-12-20/h7-14,17,22H,6,15-16H2,1-5H3,(H,26,30)/t22-/m0/s1. The number of halogens is 1. The van der Waals surface area contributed by atoms with Crippen LogP contribution in [-0.2, 0) is 26.2 Å². The molecule has 2 aromatic rings. The first kappa shape index (κ1) is 27.1. The molecule has 0 radical (unpaired) electrons. The van der Waals surface area contributed by atoms with Gasteiger partial charge in [-0.05, 0) is 62.2 Å². The van der Waals surface area contributed by atoms with E-state index in [9.17, 15) is 22.4 Å². The van der Waals surface area contributed by atoms with E-state index < -0.39 is 34.3 Å². The summed E-state index contributed by atoms with van der Waals surface area (Å²) in [5.41, 5.74) is 0.902. The number of benzene rings is 2. The fourth-order valence-electron chi connectivity index (χ4n) is 3.45. The molecule has 0 aliphatic heterocycles. The van der Waals surface area contributed by atoms with Crippen molar-refractivity contribution in [3.05, 3.63) is 59.9 Å². The SMILES string of the molecule is CC[C@@H](C(=O)NC(C)C)N(Cc1ccc(F)cc1)C(=O)CN(c1ccc(OC)cc1)S(C)(=O)=O. The number of amides is 2. The van der Waals surface area contributed by atoms with Crippen LogP contribution in [0.4, 0.5) is 10.1 Å². The quantitative estimate of drug-likeness (QED) is 0.519. The van der Waals surface area contributed by atoms with Crippen LogP contribution < -0.4 is 14.4 Å². The number of methoxy groups -OCH3 is 1. The van der Waals surface area contributed by atoms with Crippen LogP contribution in [0.3, 0.4) is 0 Å². The Morgan fingerprint density at radius 3 is 2.12 bits per heavy atom. The summed E-state index contributed by atoms with van der Waals surface area (Å²) in [5, 5.41) is 2.81. The average molecular weight is 494 g/mol. The van der Waals surface area contributed by atoms with E-state index in [4.69, 9.17) is 4.74 Å². The third-order valence-electron chi connectivity index (χ3n) is 5.12. The van der Waals surface area contributed by atoms with E-state index in [2.05, 4.69) is 5.32 Å². The van der Waals surface area contributed by atoms with Crippen molar-refractivity contribution in [3.63, 3.8) is 0 Å². The summed E-state index contributed by atoms with van der Waals surface area (Å²) in [6.45, 7) is 4.91. The summed E-state index contributed by atoms with van der Waals surface area (Å²) in [6, 6.07) is 10.9. The van der Waals surface area contributed by atoms with Crippen LogP contribution in [0.2, 0.25) is 0 Å². The van der Waals surface area contributed by atoms with Gasteiger partial charge in [0.05, 0.1) is 19.1 Å². The van der Waals surface area contributed by atoms with Gasteiger partial charge in [0.1, 0.15) is 24.2 Å². The van der Waals surface area contributed by atoms with Gasteiger partial charge in [-0.3, -0.25) is 13.9 Å². The van der Waals surface area contributed by atoms with Gasteiger partial charge in [-0.15, -0.1) is 0 Å². The Morgan fingerprint density at radius 1 is 1.06 bits per heavy atom. The molecule has 8 nitrogen and oxygen atoms in total. The molecule has 0 aliphatic rings. The molecular weight excluding hydrogens is 461 g/mol. The largest absolute Gasteiger partial charge is 0.497 e. The van der Waals surface area contributed by atoms with Crippen LogP contribution in [0.25, 0.3) is 0 Å². The van der Waals surface area contributed by atoms with Gasteiger partial charge in [0.2, 0.25) is 21.8 Å². The Kier molecular flexibility index (Phi) is 9.43. The molecule has 0 aliphatic carbocycles. The van der Waals surface area contributed by atoms with Gasteiger partial charge in [-0.25, -0.2) is 12.8 Å². The summed E-state index contributed by atoms with van der Waals surface area (Å²) in [4.78, 5) is 27.7. The maximum atomic E-state index is 13.5. The highest BCUT2D eigenvalue weighted by Crippen LogP contribution is 2.22. The highest BCUT2D eigenvalue weighted by molar-refractivity contribution is 7.92. The zero-order valence-corrected chi connectivity index (χ0v) is 20.9. The van der Waals surface area contributed by atoms with Gasteiger partial charge in [-0.1, -0.05) is 19.1 Å². The number of anilines is 1. The minimum atomic E-state index is -3.82. The maximum Gasteiger partial charge on any atom is 0.244 e. The Bertz CT molecular complexity index is 1070. The lowest BCUT2D eigenvalue weighted by atomic mass is 10.1. The fraction of sp³-hybridized carbons (Fsp3) is 0.417. The second-order valence-corrected chi connectivity index (χ2v) is 10.1. The van der Waals surface area contributed by atoms with Gasteiger partial charge in [0.25, 0.3) is 0 Å². The van der Waals surface area contributed by atoms with Gasteiger partial charge in [0.15, 0.2) is 0 Å². The van der Waals surface area contributed by atoms with Crippen molar-refractivity contribution in [3.8, 4) is 5.75 Å². The molecule has 0 saturated carbocycles. The van der Waals surface area contributed by atoms with Crippen LogP contribution in [0.1, 0.15) is 32.8 Å². The van der Waals surface area contributed by atoms with Crippen molar-refractivity contribution in [1.29, 1.82) is 0 Å². The summed E-state index contributed by atoms with van der Waals surface area (Å²) in [7, 11) is -2.33. The molecule has 1 atom stereocenters. The van der Waals surface area contributed by atoms with E-state index in [0.717, 1.165) is 10.6 Å². The predicted molar refractivity (Wildman–Crippen MR) is 129 cm³/mol. The normalized spacial score (nSPS) is 12.2. The third-order valence-corrected chi connectivity index (χ3v) is 6.26. The van der Waals surface area contributed by atoms with Crippen LogP contribution in [0.5, 0.6) is 5.75 Å². The van der Waals surface area contributed by atoms with Crippen molar-refractivity contribution >= 4 is 27.5 Å². The van der Waals surface area contributed by atoms with Crippen molar-refractivity contribution in [2.45, 2.75) is 45.8 Å². The van der Waals surface area contributed by atoms with E-state index in [-0.39, 0.29) is 24.2 Å². The lowest BCUT2D eigenvalue weighted by Crippen LogP contribution is -2.53. The van der Waals surface area contributed by atoms with Gasteiger partial charge in [0, 0.05) is 12.6 Å². The minimum absolute atomic E-state index is 0.0172. The Morgan fingerprint density at radius 2 is 1.65 bits per heavy atom. The molecule has 0 fully saturated rings. The second-order valence-electron chi connectivity index (χ2n) is 8.20. The Labute approximate surface area is 200 Å². The predicted octanol–water partition coefficient (Wildman–Crippen LogP) is 2.93. The maximum absolute atomic E-state index is 13.5. The van der Waals surface area contributed by atoms with Crippen LogP contribution >= 0.6 is 0 Å². The number of hydrogen-bond donors (Lipinski definition) is 1. The van der Waals surface area contributed by atoms with Crippen LogP contribution in [-0.4, -0.2) is 57.1 Å². The lowest BCUT2D eigenvalue weighted by molar-refractivity contribution is -0.140. The van der Waals surface area contributed by atoms with E-state index in [1.165, 1.54) is 36.3 Å². The van der Waals surface area contributed by atoms with Crippen molar-refractivity contribution in [2.24, 2.45) is 0 Å². The highest BCUT2D eigenvalue weighted by atomic mass is 32.2. The first-order valence-corrected chi connectivity index (χ1v) is 12.8. The van der Waals surface area contributed by atoms with E-state index in [1.807, 2.05) is 13.8 Å². The summed E-state index contributed by atoms with van der Waals surface area (Å²) in [6.07, 6.45) is 1.32. The number of sulfonamides is 1. The number of rotatable bonds is 11. The number of nitrogens with zero attached hydrogens (tertiary/aromatic N) is 2. The number of carbonyl (C=O) groups is 2. The van der Waals surface area contributed by atoms with E-state index in [0.29, 0.717) is 17.7 Å². The molecule has 0 aromatic heterocycles. The molecule has 1 N–H and O–H groups in total. The van der Waals surface area contributed by atoms with E-state index in [1.54, 1.807) is 31.2 Å². The summed E-state index contributed by atoms with van der Waals surface area (Å²) in [5.74, 6) is -0.786. The summed E-state index contributed by atoms with van der Waals surface area (Å²) >= 11 is 0. The van der Waals surface area contributed by atoms with Crippen molar-refractivity contribution in [2.75, 3.05) is 24.2 Å². The molecule has 186 valence electrons. The van der Waals surface area contributed by atoms with E-state index >= 15 is 0 Å². The van der Waals surface area contributed by atoms with Gasteiger partial charge >= 0.3 is 0 Å². The molecule has 2 amide bonds. The highest BCUT2D eigenvalue weighted by Gasteiger charge is 2.32. The number of ether oxygens (including phenoxy) is 1. The average Bonchev–Trinajstić information content (AvgIpc) is 2.77. The number of carbonyl (C=O) groups excluding carboxylic acids is 2. The molecule has 0 bridgehead atoms. The zero-order valence-electron chi connectivity index (χ0n) is 20.1. The molecular formula is C24H32FN3O5S.